The highest BCUT2D eigenvalue weighted by atomic mass is 19.1. The lowest BCUT2D eigenvalue weighted by molar-refractivity contribution is 0.0514. The number of para-hydroxylation sites is 1. The molecule has 1 fully saturated rings. The van der Waals surface area contributed by atoms with Crippen LogP contribution in [0.15, 0.2) is 48.9 Å². The normalized spacial score (nSPS) is 16.8. The Hall–Kier alpha value is -3.29. The number of hydrogen-bond acceptors (Lipinski definition) is 5. The van der Waals surface area contributed by atoms with Crippen molar-refractivity contribution in [1.29, 1.82) is 0 Å². The molecule has 28 heavy (non-hydrogen) atoms. The van der Waals surface area contributed by atoms with Gasteiger partial charge in [0.1, 0.15) is 6.10 Å². The van der Waals surface area contributed by atoms with Crippen molar-refractivity contribution in [3.8, 4) is 11.7 Å². The van der Waals surface area contributed by atoms with E-state index in [0.717, 1.165) is 36.6 Å². The largest absolute Gasteiger partial charge is 0.458 e. The second-order valence-electron chi connectivity index (χ2n) is 6.71. The molecule has 8 heteroatoms. The van der Waals surface area contributed by atoms with Crippen LogP contribution in [0.2, 0.25) is 0 Å². The van der Waals surface area contributed by atoms with Crippen LogP contribution in [-0.4, -0.2) is 49.7 Å². The topological polar surface area (TPSA) is 73.1 Å². The van der Waals surface area contributed by atoms with Gasteiger partial charge in [0, 0.05) is 6.54 Å². The number of carbonyl (C=O) groups is 1. The Labute approximate surface area is 161 Å². The van der Waals surface area contributed by atoms with Crippen molar-refractivity contribution in [2.75, 3.05) is 13.1 Å². The molecule has 2 aromatic heterocycles. The summed E-state index contributed by atoms with van der Waals surface area (Å²) >= 11 is 0. The van der Waals surface area contributed by atoms with Crippen LogP contribution < -0.4 is 4.74 Å². The van der Waals surface area contributed by atoms with Crippen molar-refractivity contribution in [2.24, 2.45) is 0 Å². The van der Waals surface area contributed by atoms with E-state index in [1.165, 1.54) is 0 Å². The zero-order valence-corrected chi connectivity index (χ0v) is 15.5. The summed E-state index contributed by atoms with van der Waals surface area (Å²) < 4.78 is 20.4. The van der Waals surface area contributed by atoms with Crippen molar-refractivity contribution >= 4 is 5.91 Å². The van der Waals surface area contributed by atoms with Crippen molar-refractivity contribution in [3.63, 3.8) is 0 Å². The highest BCUT2D eigenvalue weighted by Crippen LogP contribution is 2.20. The molecule has 7 nitrogen and oxygen atoms in total. The van der Waals surface area contributed by atoms with Crippen LogP contribution in [0, 0.1) is 12.7 Å². The fourth-order valence-electron chi connectivity index (χ4n) is 3.35. The average molecular weight is 381 g/mol. The number of nitrogens with zero attached hydrogens (tertiary/aromatic N) is 5. The van der Waals surface area contributed by atoms with Crippen LogP contribution in [0.4, 0.5) is 4.39 Å². The summed E-state index contributed by atoms with van der Waals surface area (Å²) in [4.78, 5) is 22.5. The molecule has 144 valence electrons. The molecule has 0 spiro atoms. The van der Waals surface area contributed by atoms with Crippen molar-refractivity contribution in [1.82, 2.24) is 24.6 Å². The number of amides is 1. The molecule has 0 radical (unpaired) electrons. The van der Waals surface area contributed by atoms with Crippen LogP contribution in [0.3, 0.4) is 0 Å². The van der Waals surface area contributed by atoms with Gasteiger partial charge in [-0.15, -0.1) is 0 Å². The first-order valence-electron chi connectivity index (χ1n) is 9.15. The van der Waals surface area contributed by atoms with Gasteiger partial charge in [0.25, 0.3) is 5.91 Å². The maximum atomic E-state index is 13.0. The monoisotopic (exact) mass is 381 g/mol. The Kier molecular flexibility index (Phi) is 5.01. The fourth-order valence-corrected chi connectivity index (χ4v) is 3.35. The molecule has 1 amide bonds. The van der Waals surface area contributed by atoms with Gasteiger partial charge in [-0.2, -0.15) is 5.10 Å². The molecule has 1 aromatic carbocycles. The molecule has 4 rings (SSSR count). The van der Waals surface area contributed by atoms with E-state index < -0.39 is 5.82 Å². The number of carbonyl (C=O) groups excluding carboxylic acids is 1. The van der Waals surface area contributed by atoms with E-state index in [-0.39, 0.29) is 18.0 Å². The summed E-state index contributed by atoms with van der Waals surface area (Å²) in [5.74, 6) is -0.591. The van der Waals surface area contributed by atoms with E-state index in [4.69, 9.17) is 4.74 Å². The molecule has 1 atom stereocenters. The van der Waals surface area contributed by atoms with Gasteiger partial charge in [0.15, 0.2) is 5.82 Å². The first-order valence-corrected chi connectivity index (χ1v) is 9.15. The lowest BCUT2D eigenvalue weighted by atomic mass is 10.1. The third kappa shape index (κ3) is 3.71. The number of aromatic nitrogens is 4. The molecule has 1 unspecified atom stereocenters. The summed E-state index contributed by atoms with van der Waals surface area (Å²) in [7, 11) is 0. The van der Waals surface area contributed by atoms with E-state index in [0.29, 0.717) is 18.7 Å². The summed E-state index contributed by atoms with van der Waals surface area (Å²) in [6.45, 7) is 2.96. The number of piperidine rings is 1. The predicted molar refractivity (Wildman–Crippen MR) is 99.8 cm³/mol. The first kappa shape index (κ1) is 18.1. The van der Waals surface area contributed by atoms with E-state index in [1.807, 2.05) is 37.3 Å². The summed E-state index contributed by atoms with van der Waals surface area (Å²) in [6, 6.07) is 9.81. The predicted octanol–water partition coefficient (Wildman–Crippen LogP) is 2.79. The van der Waals surface area contributed by atoms with Crippen LogP contribution in [0.25, 0.3) is 5.69 Å². The van der Waals surface area contributed by atoms with Gasteiger partial charge in [0.05, 0.1) is 42.1 Å². The molecule has 0 N–H and O–H groups in total. The minimum Gasteiger partial charge on any atom is -0.458 e. The van der Waals surface area contributed by atoms with Crippen molar-refractivity contribution in [2.45, 2.75) is 25.9 Å². The quantitative estimate of drug-likeness (QED) is 0.695. The smallest absolute Gasteiger partial charge is 0.316 e. The van der Waals surface area contributed by atoms with Gasteiger partial charge in [-0.05, 0) is 31.9 Å². The number of hydrogen-bond donors (Lipinski definition) is 0. The molecule has 3 aromatic rings. The lowest BCUT2D eigenvalue weighted by Gasteiger charge is -2.32. The van der Waals surface area contributed by atoms with Crippen molar-refractivity contribution < 1.29 is 13.9 Å². The number of halogens is 1. The molecule has 0 bridgehead atoms. The second kappa shape index (κ2) is 7.75. The summed E-state index contributed by atoms with van der Waals surface area (Å²) in [6.07, 6.45) is 5.10. The molecule has 3 heterocycles. The SMILES string of the molecule is Cc1c(C(=O)N2CCCC(Oc3ncc(F)cn3)C2)cnn1-c1ccccc1. The molecule has 0 aliphatic carbocycles. The molecular weight excluding hydrogens is 361 g/mol. The number of benzene rings is 1. The van der Waals surface area contributed by atoms with E-state index >= 15 is 0 Å². The second-order valence-corrected chi connectivity index (χ2v) is 6.71. The van der Waals surface area contributed by atoms with Gasteiger partial charge in [-0.1, -0.05) is 18.2 Å². The lowest BCUT2D eigenvalue weighted by Crippen LogP contribution is -2.44. The molecule has 0 saturated carbocycles. The van der Waals surface area contributed by atoms with Crippen LogP contribution in [0.1, 0.15) is 28.9 Å². The van der Waals surface area contributed by atoms with Gasteiger partial charge in [-0.25, -0.2) is 19.0 Å². The Morgan fingerprint density at radius 3 is 2.68 bits per heavy atom. The van der Waals surface area contributed by atoms with E-state index in [1.54, 1.807) is 15.8 Å². The highest BCUT2D eigenvalue weighted by molar-refractivity contribution is 5.95. The molecule has 1 aliphatic rings. The Balaban J connectivity index is 1.47. The van der Waals surface area contributed by atoms with Crippen LogP contribution in [0.5, 0.6) is 6.01 Å². The number of ether oxygens (including phenoxy) is 1. The summed E-state index contributed by atoms with van der Waals surface area (Å²) in [5, 5.41) is 4.38. The van der Waals surface area contributed by atoms with E-state index in [2.05, 4.69) is 15.1 Å². The average Bonchev–Trinajstić information content (AvgIpc) is 3.11. The number of rotatable bonds is 4. The Morgan fingerprint density at radius 2 is 1.93 bits per heavy atom. The maximum absolute atomic E-state index is 13.0. The zero-order chi connectivity index (χ0) is 19.5. The highest BCUT2D eigenvalue weighted by Gasteiger charge is 2.28. The maximum Gasteiger partial charge on any atom is 0.316 e. The molecule has 1 saturated heterocycles. The fraction of sp³-hybridized carbons (Fsp3) is 0.300. The third-order valence-electron chi connectivity index (χ3n) is 4.78. The van der Waals surface area contributed by atoms with Gasteiger partial charge >= 0.3 is 6.01 Å². The number of likely N-dealkylation sites (tertiary alicyclic amines) is 1. The van der Waals surface area contributed by atoms with Gasteiger partial charge in [-0.3, -0.25) is 4.79 Å². The van der Waals surface area contributed by atoms with Crippen LogP contribution in [-0.2, 0) is 0 Å². The Bertz CT molecular complexity index is 958. The third-order valence-corrected chi connectivity index (χ3v) is 4.78. The first-order chi connectivity index (χ1) is 13.6. The summed E-state index contributed by atoms with van der Waals surface area (Å²) in [5.41, 5.74) is 2.27. The molecular formula is C20H20FN5O2. The van der Waals surface area contributed by atoms with E-state index in [9.17, 15) is 9.18 Å². The van der Waals surface area contributed by atoms with Crippen LogP contribution >= 0.6 is 0 Å². The minimum atomic E-state index is -0.515. The zero-order valence-electron chi connectivity index (χ0n) is 15.5. The Morgan fingerprint density at radius 1 is 1.18 bits per heavy atom. The minimum absolute atomic E-state index is 0.0759. The van der Waals surface area contributed by atoms with Gasteiger partial charge in [0.2, 0.25) is 0 Å². The van der Waals surface area contributed by atoms with Crippen molar-refractivity contribution in [3.05, 3.63) is 66.0 Å². The standard InChI is InChI=1S/C20H20FN5O2/c1-14-18(12-24-26(14)16-6-3-2-4-7-16)19(27)25-9-5-8-17(13-25)28-20-22-10-15(21)11-23-20/h2-4,6-7,10-12,17H,5,8-9,13H2,1H3. The van der Waals surface area contributed by atoms with Gasteiger partial charge < -0.3 is 9.64 Å². The molecule has 1 aliphatic heterocycles.